The molecule has 0 unspecified atom stereocenters. The van der Waals surface area contributed by atoms with Gasteiger partial charge >= 0.3 is 0 Å². The van der Waals surface area contributed by atoms with Gasteiger partial charge < -0.3 is 9.32 Å². The molecule has 55 heavy (non-hydrogen) atoms. The molecule has 0 saturated heterocycles. The van der Waals surface area contributed by atoms with Crippen molar-refractivity contribution in [3.05, 3.63) is 193 Å². The number of thiophene rings is 1. The molecule has 11 rings (SSSR count). The van der Waals surface area contributed by atoms with E-state index in [1.165, 1.54) is 53.2 Å². The fourth-order valence-corrected chi connectivity index (χ4v) is 9.77. The lowest BCUT2D eigenvalue weighted by atomic mass is 9.92. The average molecular weight is 722 g/mol. The van der Waals surface area contributed by atoms with E-state index in [4.69, 9.17) is 4.42 Å². The first-order valence-corrected chi connectivity index (χ1v) is 19.7. The van der Waals surface area contributed by atoms with Crippen LogP contribution in [0.15, 0.2) is 186 Å². The Morgan fingerprint density at radius 2 is 1.31 bits per heavy atom. The van der Waals surface area contributed by atoms with E-state index in [0.717, 1.165) is 50.1 Å². The third kappa shape index (κ3) is 5.23. The largest absolute Gasteiger partial charge is 0.456 e. The lowest BCUT2D eigenvalue weighted by molar-refractivity contribution is 0.668. The van der Waals surface area contributed by atoms with Crippen LogP contribution in [0.25, 0.3) is 81.2 Å². The minimum atomic E-state index is 0.297. The number of nitrogens with zero attached hydrogens (tertiary/aromatic N) is 1. The highest BCUT2D eigenvalue weighted by Gasteiger charge is 2.24. The van der Waals surface area contributed by atoms with Crippen molar-refractivity contribution in [2.75, 3.05) is 4.90 Å². The van der Waals surface area contributed by atoms with Gasteiger partial charge in [-0.05, 0) is 99.1 Å². The Morgan fingerprint density at radius 3 is 2.27 bits per heavy atom. The van der Waals surface area contributed by atoms with Gasteiger partial charge in [0.15, 0.2) is 0 Å². The summed E-state index contributed by atoms with van der Waals surface area (Å²) in [5, 5.41) is 7.32. The zero-order valence-electron chi connectivity index (χ0n) is 30.2. The average Bonchev–Trinajstić information content (AvgIpc) is 3.75. The number of allylic oxidation sites excluding steroid dienone is 3. The lowest BCUT2D eigenvalue weighted by Crippen LogP contribution is -2.11. The molecule has 8 aromatic carbocycles. The Morgan fingerprint density at radius 1 is 0.545 bits per heavy atom. The second kappa shape index (κ2) is 12.7. The molecule has 1 atom stereocenters. The lowest BCUT2D eigenvalue weighted by Gasteiger charge is -2.29. The number of anilines is 3. The zero-order chi connectivity index (χ0) is 36.5. The van der Waals surface area contributed by atoms with E-state index >= 15 is 0 Å². The summed E-state index contributed by atoms with van der Waals surface area (Å²) in [6.45, 7) is 2.27. The van der Waals surface area contributed by atoms with Gasteiger partial charge in [-0.3, -0.25) is 0 Å². The predicted octanol–water partition coefficient (Wildman–Crippen LogP) is 15.6. The van der Waals surface area contributed by atoms with Crippen LogP contribution < -0.4 is 4.90 Å². The summed E-state index contributed by atoms with van der Waals surface area (Å²) >= 11 is 1.86. The summed E-state index contributed by atoms with van der Waals surface area (Å²) < 4.78 is 9.20. The summed E-state index contributed by atoms with van der Waals surface area (Å²) in [4.78, 5) is 2.47. The van der Waals surface area contributed by atoms with Crippen molar-refractivity contribution in [3.63, 3.8) is 0 Å². The number of fused-ring (bicyclic) bond motifs is 8. The van der Waals surface area contributed by atoms with Crippen LogP contribution in [0.1, 0.15) is 24.0 Å². The van der Waals surface area contributed by atoms with Gasteiger partial charge in [-0.2, -0.15) is 0 Å². The number of furan rings is 1. The monoisotopic (exact) mass is 721 g/mol. The standard InChI is InChI=1S/C52H35NOS/c1-33-13-2-3-16-38-31-49-45(32-44(33)38)51-42(21-12-25-48(51)54-49)40-19-6-8-23-46(40)53(47-24-11-22-43-41-20-7-9-26-50(41)55-52(43)47)39-18-10-17-36(30-39)37-28-27-34-14-4-5-15-35(34)29-37/h2-33H,1H3/t33-/m1/s1. The van der Waals surface area contributed by atoms with E-state index in [1.54, 1.807) is 0 Å². The van der Waals surface area contributed by atoms with Crippen molar-refractivity contribution < 1.29 is 4.42 Å². The highest BCUT2D eigenvalue weighted by Crippen LogP contribution is 2.49. The maximum Gasteiger partial charge on any atom is 0.136 e. The Balaban J connectivity index is 1.17. The van der Waals surface area contributed by atoms with E-state index in [-0.39, 0.29) is 0 Å². The molecule has 2 aromatic heterocycles. The van der Waals surface area contributed by atoms with Gasteiger partial charge in [-0.1, -0.05) is 140 Å². The van der Waals surface area contributed by atoms with Gasteiger partial charge in [0.25, 0.3) is 0 Å². The molecule has 2 nitrogen and oxygen atoms in total. The van der Waals surface area contributed by atoms with Crippen molar-refractivity contribution in [1.29, 1.82) is 0 Å². The van der Waals surface area contributed by atoms with Crippen LogP contribution in [0.3, 0.4) is 0 Å². The second-order valence-electron chi connectivity index (χ2n) is 14.5. The Kier molecular flexibility index (Phi) is 7.36. The van der Waals surface area contributed by atoms with Crippen LogP contribution in [-0.4, -0.2) is 0 Å². The minimum Gasteiger partial charge on any atom is -0.456 e. The van der Waals surface area contributed by atoms with Crippen LogP contribution in [0.5, 0.6) is 0 Å². The third-order valence-corrected chi connectivity index (χ3v) is 12.4. The first-order chi connectivity index (χ1) is 27.2. The quantitative estimate of drug-likeness (QED) is 0.176. The molecule has 0 aliphatic heterocycles. The normalized spacial score (nSPS) is 13.9. The van der Waals surface area contributed by atoms with Gasteiger partial charge in [-0.25, -0.2) is 0 Å². The fraction of sp³-hybridized carbons (Fsp3) is 0.0385. The molecule has 0 saturated carbocycles. The highest BCUT2D eigenvalue weighted by atomic mass is 32.1. The van der Waals surface area contributed by atoms with Crippen molar-refractivity contribution in [2.24, 2.45) is 0 Å². The van der Waals surface area contributed by atoms with E-state index in [9.17, 15) is 0 Å². The number of benzene rings is 8. The molecular weight excluding hydrogens is 687 g/mol. The molecule has 0 bridgehead atoms. The molecule has 1 aliphatic carbocycles. The number of para-hydroxylation sites is 1. The van der Waals surface area contributed by atoms with E-state index in [1.807, 2.05) is 11.3 Å². The number of hydrogen-bond acceptors (Lipinski definition) is 3. The van der Waals surface area contributed by atoms with Crippen LogP contribution >= 0.6 is 11.3 Å². The maximum atomic E-state index is 6.65. The Labute approximate surface area is 323 Å². The highest BCUT2D eigenvalue weighted by molar-refractivity contribution is 7.26. The van der Waals surface area contributed by atoms with Crippen molar-refractivity contribution in [1.82, 2.24) is 0 Å². The summed E-state index contributed by atoms with van der Waals surface area (Å²) in [7, 11) is 0. The Hall–Kier alpha value is -6.68. The number of hydrogen-bond donors (Lipinski definition) is 0. The topological polar surface area (TPSA) is 16.4 Å². The first-order valence-electron chi connectivity index (χ1n) is 18.9. The molecule has 0 N–H and O–H groups in total. The summed E-state index contributed by atoms with van der Waals surface area (Å²) in [5.74, 6) is 0.297. The fourth-order valence-electron chi connectivity index (χ4n) is 8.57. The van der Waals surface area contributed by atoms with Gasteiger partial charge in [0.2, 0.25) is 0 Å². The van der Waals surface area contributed by atoms with Gasteiger partial charge in [0.05, 0.1) is 16.1 Å². The van der Waals surface area contributed by atoms with Crippen molar-refractivity contribution in [2.45, 2.75) is 12.8 Å². The molecule has 0 amide bonds. The molecule has 3 heteroatoms. The zero-order valence-corrected chi connectivity index (χ0v) is 31.1. The molecule has 10 aromatic rings. The second-order valence-corrected chi connectivity index (χ2v) is 15.6. The SMILES string of the molecule is C[C@@H]1C=CC=Cc2cc3oc4cccc(-c5ccccc5N(c5cccc(-c6ccc7ccccc7c6)c5)c5cccc6c5sc5ccccc56)c4c3cc21. The molecule has 1 aliphatic rings. The van der Waals surface area contributed by atoms with Crippen molar-refractivity contribution in [3.8, 4) is 22.3 Å². The van der Waals surface area contributed by atoms with Crippen LogP contribution in [0.4, 0.5) is 17.1 Å². The molecule has 260 valence electrons. The predicted molar refractivity (Wildman–Crippen MR) is 236 cm³/mol. The summed E-state index contributed by atoms with van der Waals surface area (Å²) in [6.07, 6.45) is 8.73. The van der Waals surface area contributed by atoms with E-state index in [0.29, 0.717) is 5.92 Å². The third-order valence-electron chi connectivity index (χ3n) is 11.2. The minimum absolute atomic E-state index is 0.297. The van der Waals surface area contributed by atoms with Crippen LogP contribution in [0.2, 0.25) is 0 Å². The van der Waals surface area contributed by atoms with Crippen molar-refractivity contribution >= 4 is 87.4 Å². The molecule has 0 spiro atoms. The first kappa shape index (κ1) is 31.8. The molecule has 0 radical (unpaired) electrons. The van der Waals surface area contributed by atoms with E-state index in [2.05, 4.69) is 200 Å². The molecular formula is C52H35NOS. The summed E-state index contributed by atoms with van der Waals surface area (Å²) in [5.41, 5.74) is 12.4. The Bertz CT molecular complexity index is 3190. The van der Waals surface area contributed by atoms with E-state index < -0.39 is 0 Å². The van der Waals surface area contributed by atoms with Crippen LogP contribution in [0, 0.1) is 0 Å². The van der Waals surface area contributed by atoms with Gasteiger partial charge in [-0.15, -0.1) is 11.3 Å². The number of rotatable bonds is 5. The van der Waals surface area contributed by atoms with Crippen LogP contribution in [-0.2, 0) is 0 Å². The van der Waals surface area contributed by atoms with Gasteiger partial charge in [0, 0.05) is 37.5 Å². The van der Waals surface area contributed by atoms with Gasteiger partial charge in [0.1, 0.15) is 11.2 Å². The smallest absolute Gasteiger partial charge is 0.136 e. The summed E-state index contributed by atoms with van der Waals surface area (Å²) in [6, 6.07) is 59.8. The maximum absolute atomic E-state index is 6.65. The molecule has 2 heterocycles. The molecule has 0 fully saturated rings.